The second-order valence-corrected chi connectivity index (χ2v) is 4.53. The van der Waals surface area contributed by atoms with Gasteiger partial charge in [-0.2, -0.15) is 5.10 Å². The van der Waals surface area contributed by atoms with Gasteiger partial charge in [0.1, 0.15) is 5.82 Å². The lowest BCUT2D eigenvalue weighted by Gasteiger charge is -2.12. The molecule has 0 saturated carbocycles. The summed E-state index contributed by atoms with van der Waals surface area (Å²) in [6.07, 6.45) is 0. The number of hydrogen-bond donors (Lipinski definition) is 2. The number of carbonyl (C=O) groups excluding carboxylic acids is 1. The van der Waals surface area contributed by atoms with Gasteiger partial charge in [0.05, 0.1) is 6.04 Å². The van der Waals surface area contributed by atoms with Gasteiger partial charge in [-0.1, -0.05) is 0 Å². The van der Waals surface area contributed by atoms with Crippen molar-refractivity contribution in [2.45, 2.75) is 13.0 Å². The van der Waals surface area contributed by atoms with Crippen LogP contribution in [-0.2, 0) is 7.05 Å². The van der Waals surface area contributed by atoms with Gasteiger partial charge in [-0.15, -0.1) is 0 Å². The minimum Gasteiger partial charge on any atom is -0.342 e. The van der Waals surface area contributed by atoms with E-state index in [4.69, 9.17) is 12.2 Å². The number of benzene rings is 1. The number of amides is 1. The highest BCUT2D eigenvalue weighted by molar-refractivity contribution is 7.71. The molecule has 2 N–H and O–H groups in total. The summed E-state index contributed by atoms with van der Waals surface area (Å²) in [7, 11) is 1.77. The summed E-state index contributed by atoms with van der Waals surface area (Å²) < 4.78 is 14.9. The number of aromatic amines is 1. The Balaban J connectivity index is 2.13. The molecule has 0 aliphatic carbocycles. The van der Waals surface area contributed by atoms with E-state index in [-0.39, 0.29) is 17.8 Å². The maximum Gasteiger partial charge on any atom is 0.251 e. The lowest BCUT2D eigenvalue weighted by Crippen LogP contribution is -2.28. The first-order valence-electron chi connectivity index (χ1n) is 5.66. The van der Waals surface area contributed by atoms with Crippen LogP contribution in [0.4, 0.5) is 4.39 Å². The van der Waals surface area contributed by atoms with Crippen molar-refractivity contribution in [3.05, 3.63) is 46.2 Å². The van der Waals surface area contributed by atoms with Gasteiger partial charge < -0.3 is 9.88 Å². The fourth-order valence-corrected chi connectivity index (χ4v) is 1.83. The van der Waals surface area contributed by atoms with Crippen LogP contribution in [0.5, 0.6) is 0 Å². The van der Waals surface area contributed by atoms with Crippen molar-refractivity contribution in [2.24, 2.45) is 7.05 Å². The molecule has 1 aromatic carbocycles. The highest BCUT2D eigenvalue weighted by atomic mass is 32.1. The number of H-pyrrole nitrogens is 1. The zero-order valence-electron chi connectivity index (χ0n) is 10.5. The molecule has 2 aromatic rings. The lowest BCUT2D eigenvalue weighted by molar-refractivity contribution is 0.0937. The van der Waals surface area contributed by atoms with Gasteiger partial charge in [0.25, 0.3) is 5.91 Å². The Morgan fingerprint density at radius 2 is 2.11 bits per heavy atom. The van der Waals surface area contributed by atoms with E-state index in [2.05, 4.69) is 15.5 Å². The molecule has 0 radical (unpaired) electrons. The zero-order chi connectivity index (χ0) is 14.0. The lowest BCUT2D eigenvalue weighted by atomic mass is 10.2. The molecule has 7 heteroatoms. The van der Waals surface area contributed by atoms with Gasteiger partial charge in [0.15, 0.2) is 10.6 Å². The van der Waals surface area contributed by atoms with Crippen LogP contribution < -0.4 is 5.32 Å². The fraction of sp³-hybridized carbons (Fsp3) is 0.250. The van der Waals surface area contributed by atoms with E-state index in [1.165, 1.54) is 24.3 Å². The highest BCUT2D eigenvalue weighted by Crippen LogP contribution is 2.10. The number of halogens is 1. The molecule has 0 aliphatic rings. The first-order valence-corrected chi connectivity index (χ1v) is 6.07. The quantitative estimate of drug-likeness (QED) is 0.846. The number of nitrogens with zero attached hydrogens (tertiary/aromatic N) is 2. The maximum absolute atomic E-state index is 12.8. The topological polar surface area (TPSA) is 62.7 Å². The minimum absolute atomic E-state index is 0.290. The Morgan fingerprint density at radius 3 is 2.63 bits per heavy atom. The summed E-state index contributed by atoms with van der Waals surface area (Å²) in [6, 6.07) is 5.04. The smallest absolute Gasteiger partial charge is 0.251 e. The van der Waals surface area contributed by atoms with E-state index in [1.54, 1.807) is 18.5 Å². The van der Waals surface area contributed by atoms with Crippen molar-refractivity contribution in [3.8, 4) is 0 Å². The van der Waals surface area contributed by atoms with E-state index in [0.29, 0.717) is 16.2 Å². The predicted octanol–water partition coefficient (Wildman–Crippen LogP) is 2.11. The minimum atomic E-state index is -0.376. The van der Waals surface area contributed by atoms with E-state index in [9.17, 15) is 9.18 Å². The van der Waals surface area contributed by atoms with E-state index < -0.39 is 0 Å². The molecule has 1 aromatic heterocycles. The second kappa shape index (κ2) is 5.31. The first-order chi connectivity index (χ1) is 8.99. The standard InChI is InChI=1S/C12H13FN4OS/c1-7(10-15-16-12(19)17(10)2)14-11(18)8-3-5-9(13)6-4-8/h3-7H,1-2H3,(H,14,18)(H,16,19). The Bertz CT molecular complexity index is 646. The molecular weight excluding hydrogens is 267 g/mol. The Kier molecular flexibility index (Phi) is 3.75. The number of nitrogens with one attached hydrogen (secondary N) is 2. The molecule has 5 nitrogen and oxygen atoms in total. The third-order valence-corrected chi connectivity index (χ3v) is 3.12. The van der Waals surface area contributed by atoms with Crippen molar-refractivity contribution in [1.82, 2.24) is 20.1 Å². The van der Waals surface area contributed by atoms with E-state index >= 15 is 0 Å². The molecule has 1 unspecified atom stereocenters. The maximum atomic E-state index is 12.8. The van der Waals surface area contributed by atoms with Crippen LogP contribution in [0, 0.1) is 10.6 Å². The largest absolute Gasteiger partial charge is 0.342 e. The Morgan fingerprint density at radius 1 is 1.47 bits per heavy atom. The molecule has 19 heavy (non-hydrogen) atoms. The number of rotatable bonds is 3. The molecule has 0 saturated heterocycles. The zero-order valence-corrected chi connectivity index (χ0v) is 11.3. The molecule has 0 fully saturated rings. The molecule has 0 bridgehead atoms. The van der Waals surface area contributed by atoms with Gasteiger partial charge >= 0.3 is 0 Å². The van der Waals surface area contributed by atoms with Crippen molar-refractivity contribution in [1.29, 1.82) is 0 Å². The van der Waals surface area contributed by atoms with Crippen LogP contribution in [0.25, 0.3) is 0 Å². The van der Waals surface area contributed by atoms with Crippen LogP contribution in [-0.4, -0.2) is 20.7 Å². The van der Waals surface area contributed by atoms with Gasteiger partial charge in [0, 0.05) is 12.6 Å². The number of hydrogen-bond acceptors (Lipinski definition) is 3. The average Bonchev–Trinajstić information content (AvgIpc) is 2.70. The number of aromatic nitrogens is 3. The van der Waals surface area contributed by atoms with Crippen molar-refractivity contribution in [2.75, 3.05) is 0 Å². The molecule has 1 amide bonds. The second-order valence-electron chi connectivity index (χ2n) is 4.15. The molecule has 1 heterocycles. The predicted molar refractivity (Wildman–Crippen MR) is 70.7 cm³/mol. The van der Waals surface area contributed by atoms with Crippen molar-refractivity contribution in [3.63, 3.8) is 0 Å². The summed E-state index contributed by atoms with van der Waals surface area (Å²) in [5, 5.41) is 9.48. The molecule has 1 atom stereocenters. The molecule has 2 rings (SSSR count). The summed E-state index contributed by atoms with van der Waals surface area (Å²) in [5.41, 5.74) is 0.394. The normalized spacial score (nSPS) is 12.2. The number of carbonyl (C=O) groups is 1. The van der Waals surface area contributed by atoms with Gasteiger partial charge in [0.2, 0.25) is 0 Å². The van der Waals surface area contributed by atoms with Crippen LogP contribution in [0.15, 0.2) is 24.3 Å². The van der Waals surface area contributed by atoms with Crippen LogP contribution >= 0.6 is 12.2 Å². The average molecular weight is 280 g/mol. The SMILES string of the molecule is CC(NC(=O)c1ccc(F)cc1)c1n[nH]c(=S)n1C. The third-order valence-electron chi connectivity index (χ3n) is 2.76. The molecule has 100 valence electrons. The Hall–Kier alpha value is -2.02. The van der Waals surface area contributed by atoms with Gasteiger partial charge in [-0.3, -0.25) is 9.89 Å². The first kappa shape index (κ1) is 13.4. The highest BCUT2D eigenvalue weighted by Gasteiger charge is 2.15. The van der Waals surface area contributed by atoms with Crippen molar-refractivity contribution >= 4 is 18.1 Å². The van der Waals surface area contributed by atoms with E-state index in [0.717, 1.165) is 0 Å². The van der Waals surface area contributed by atoms with Crippen LogP contribution in [0.3, 0.4) is 0 Å². The third kappa shape index (κ3) is 2.87. The summed E-state index contributed by atoms with van der Waals surface area (Å²) >= 11 is 5.01. The van der Waals surface area contributed by atoms with Crippen molar-refractivity contribution < 1.29 is 9.18 Å². The van der Waals surface area contributed by atoms with Gasteiger partial charge in [-0.25, -0.2) is 4.39 Å². The summed E-state index contributed by atoms with van der Waals surface area (Å²) in [4.78, 5) is 12.0. The molecular formula is C12H13FN4OS. The molecule has 0 spiro atoms. The van der Waals surface area contributed by atoms with Crippen LogP contribution in [0.2, 0.25) is 0 Å². The fourth-order valence-electron chi connectivity index (χ4n) is 1.69. The van der Waals surface area contributed by atoms with Crippen LogP contribution in [0.1, 0.15) is 29.1 Å². The monoisotopic (exact) mass is 280 g/mol. The van der Waals surface area contributed by atoms with E-state index in [1.807, 2.05) is 0 Å². The summed E-state index contributed by atoms with van der Waals surface area (Å²) in [5.74, 6) is -0.0408. The Labute approximate surface area is 114 Å². The van der Waals surface area contributed by atoms with Gasteiger partial charge in [-0.05, 0) is 43.4 Å². The molecule has 0 aliphatic heterocycles. The summed E-state index contributed by atoms with van der Waals surface area (Å²) in [6.45, 7) is 1.80.